The van der Waals surface area contributed by atoms with Crippen molar-refractivity contribution in [3.05, 3.63) is 11.9 Å². The predicted molar refractivity (Wildman–Crippen MR) is 65.8 cm³/mol. The Labute approximate surface area is 96.3 Å². The van der Waals surface area contributed by atoms with Crippen LogP contribution in [0.15, 0.2) is 6.33 Å². The van der Waals surface area contributed by atoms with Gasteiger partial charge in [-0.05, 0) is 12.8 Å². The molecule has 0 amide bonds. The van der Waals surface area contributed by atoms with Crippen LogP contribution in [0.5, 0.6) is 0 Å². The Morgan fingerprint density at radius 1 is 1.12 bits per heavy atom. The molecule has 0 saturated heterocycles. The highest BCUT2D eigenvalue weighted by molar-refractivity contribution is 5.57. The van der Waals surface area contributed by atoms with E-state index in [1.807, 2.05) is 0 Å². The molecular weight excluding hydrogens is 204 g/mol. The molecule has 0 aliphatic heterocycles. The van der Waals surface area contributed by atoms with Crippen molar-refractivity contribution >= 4 is 11.6 Å². The van der Waals surface area contributed by atoms with Crippen molar-refractivity contribution in [2.24, 2.45) is 0 Å². The maximum Gasteiger partial charge on any atom is 0.134 e. The van der Waals surface area contributed by atoms with E-state index >= 15 is 0 Å². The molecule has 16 heavy (non-hydrogen) atoms. The average Bonchev–Trinajstić information content (AvgIpc) is 2.33. The van der Waals surface area contributed by atoms with E-state index in [1.165, 1.54) is 6.33 Å². The van der Waals surface area contributed by atoms with E-state index in [9.17, 15) is 0 Å². The van der Waals surface area contributed by atoms with E-state index in [0.717, 1.165) is 36.6 Å². The number of rotatable bonds is 7. The number of aliphatic hydroxyl groups excluding tert-OH is 1. The Balaban J connectivity index is 2.82. The lowest BCUT2D eigenvalue weighted by Gasteiger charge is -2.13. The fourth-order valence-electron chi connectivity index (χ4n) is 1.47. The second-order valence-corrected chi connectivity index (χ2v) is 3.48. The van der Waals surface area contributed by atoms with Crippen LogP contribution in [-0.4, -0.2) is 34.8 Å². The van der Waals surface area contributed by atoms with Crippen LogP contribution in [-0.2, 0) is 6.42 Å². The van der Waals surface area contributed by atoms with Gasteiger partial charge < -0.3 is 15.7 Å². The van der Waals surface area contributed by atoms with E-state index in [0.29, 0.717) is 6.54 Å². The number of aromatic nitrogens is 2. The summed E-state index contributed by atoms with van der Waals surface area (Å²) in [5, 5.41) is 15.1. The minimum absolute atomic E-state index is 0.102. The number of nitrogens with zero attached hydrogens (tertiary/aromatic N) is 2. The molecule has 0 saturated carbocycles. The van der Waals surface area contributed by atoms with Gasteiger partial charge in [-0.15, -0.1) is 0 Å². The fraction of sp³-hybridized carbons (Fsp3) is 0.636. The summed E-state index contributed by atoms with van der Waals surface area (Å²) in [6, 6.07) is 0. The highest BCUT2D eigenvalue weighted by Crippen LogP contribution is 2.19. The largest absolute Gasteiger partial charge is 0.395 e. The number of hydrogen-bond donors (Lipinski definition) is 3. The van der Waals surface area contributed by atoms with Gasteiger partial charge in [-0.2, -0.15) is 0 Å². The summed E-state index contributed by atoms with van der Waals surface area (Å²) in [5.74, 6) is 1.70. The number of nitrogens with one attached hydrogen (secondary N) is 2. The zero-order valence-corrected chi connectivity index (χ0v) is 9.95. The number of aliphatic hydroxyl groups is 1. The lowest BCUT2D eigenvalue weighted by molar-refractivity contribution is 0.311. The van der Waals surface area contributed by atoms with E-state index in [2.05, 4.69) is 34.4 Å². The fourth-order valence-corrected chi connectivity index (χ4v) is 1.47. The molecule has 0 spiro atoms. The zero-order chi connectivity index (χ0) is 11.8. The molecule has 90 valence electrons. The van der Waals surface area contributed by atoms with E-state index in [1.54, 1.807) is 0 Å². The SMILES string of the molecule is CCCNc1ncnc(NCCO)c1CC. The average molecular weight is 224 g/mol. The zero-order valence-electron chi connectivity index (χ0n) is 9.95. The second kappa shape index (κ2) is 7.00. The normalized spacial score (nSPS) is 10.2. The lowest BCUT2D eigenvalue weighted by Crippen LogP contribution is -2.12. The highest BCUT2D eigenvalue weighted by atomic mass is 16.3. The van der Waals surface area contributed by atoms with Crippen LogP contribution in [0.25, 0.3) is 0 Å². The Bertz CT molecular complexity index is 291. The monoisotopic (exact) mass is 224 g/mol. The molecule has 0 aliphatic carbocycles. The molecule has 0 aromatic carbocycles. The number of anilines is 2. The predicted octanol–water partition coefficient (Wildman–Crippen LogP) is 1.27. The lowest BCUT2D eigenvalue weighted by atomic mass is 10.2. The molecule has 5 nitrogen and oxygen atoms in total. The maximum atomic E-state index is 8.78. The third-order valence-electron chi connectivity index (χ3n) is 2.25. The molecule has 0 fully saturated rings. The molecule has 1 rings (SSSR count). The van der Waals surface area contributed by atoms with Gasteiger partial charge >= 0.3 is 0 Å². The summed E-state index contributed by atoms with van der Waals surface area (Å²) in [5.41, 5.74) is 1.07. The van der Waals surface area contributed by atoms with E-state index in [4.69, 9.17) is 5.11 Å². The summed E-state index contributed by atoms with van der Waals surface area (Å²) in [7, 11) is 0. The Kier molecular flexibility index (Phi) is 5.56. The smallest absolute Gasteiger partial charge is 0.134 e. The van der Waals surface area contributed by atoms with Crippen LogP contribution in [0, 0.1) is 0 Å². The summed E-state index contributed by atoms with van der Waals surface area (Å²) in [4.78, 5) is 8.41. The minimum Gasteiger partial charge on any atom is -0.395 e. The van der Waals surface area contributed by atoms with Crippen LogP contribution in [0.1, 0.15) is 25.8 Å². The van der Waals surface area contributed by atoms with Crippen molar-refractivity contribution in [2.45, 2.75) is 26.7 Å². The van der Waals surface area contributed by atoms with Gasteiger partial charge in [-0.25, -0.2) is 9.97 Å². The molecule has 5 heteroatoms. The Hall–Kier alpha value is -1.36. The van der Waals surface area contributed by atoms with Gasteiger partial charge in [0.05, 0.1) is 6.61 Å². The standard InChI is InChI=1S/C11H20N4O/c1-3-5-12-10-9(4-2)11(13-6-7-16)15-8-14-10/h8,16H,3-7H2,1-2H3,(H2,12,13,14,15). The van der Waals surface area contributed by atoms with Gasteiger partial charge in [-0.3, -0.25) is 0 Å². The molecule has 0 unspecified atom stereocenters. The van der Waals surface area contributed by atoms with Gasteiger partial charge in [0, 0.05) is 18.7 Å². The molecule has 1 aromatic heterocycles. The van der Waals surface area contributed by atoms with Crippen molar-refractivity contribution < 1.29 is 5.11 Å². The molecule has 0 radical (unpaired) electrons. The van der Waals surface area contributed by atoms with Gasteiger partial charge in [0.2, 0.25) is 0 Å². The first-order valence-electron chi connectivity index (χ1n) is 5.75. The molecule has 3 N–H and O–H groups in total. The third-order valence-corrected chi connectivity index (χ3v) is 2.25. The van der Waals surface area contributed by atoms with Gasteiger partial charge in [0.1, 0.15) is 18.0 Å². The first-order chi connectivity index (χ1) is 7.83. The quantitative estimate of drug-likeness (QED) is 0.650. The Morgan fingerprint density at radius 2 is 1.75 bits per heavy atom. The first kappa shape index (κ1) is 12.7. The molecule has 0 aliphatic rings. The highest BCUT2D eigenvalue weighted by Gasteiger charge is 2.08. The van der Waals surface area contributed by atoms with Crippen LogP contribution in [0.2, 0.25) is 0 Å². The maximum absolute atomic E-state index is 8.78. The van der Waals surface area contributed by atoms with Gasteiger partial charge in [-0.1, -0.05) is 13.8 Å². The summed E-state index contributed by atoms with van der Waals surface area (Å²) in [6.45, 7) is 5.70. The number of hydrogen-bond acceptors (Lipinski definition) is 5. The summed E-state index contributed by atoms with van der Waals surface area (Å²) < 4.78 is 0. The summed E-state index contributed by atoms with van der Waals surface area (Å²) in [6.07, 6.45) is 3.46. The van der Waals surface area contributed by atoms with Gasteiger partial charge in [0.15, 0.2) is 0 Å². The molecule has 1 heterocycles. The van der Waals surface area contributed by atoms with Crippen LogP contribution in [0.3, 0.4) is 0 Å². The first-order valence-corrected chi connectivity index (χ1v) is 5.75. The van der Waals surface area contributed by atoms with Crippen LogP contribution >= 0.6 is 0 Å². The van der Waals surface area contributed by atoms with Crippen LogP contribution < -0.4 is 10.6 Å². The van der Waals surface area contributed by atoms with Crippen molar-refractivity contribution in [1.82, 2.24) is 9.97 Å². The molecular formula is C11H20N4O. The minimum atomic E-state index is 0.102. The van der Waals surface area contributed by atoms with Gasteiger partial charge in [0.25, 0.3) is 0 Å². The molecule has 0 bridgehead atoms. The summed E-state index contributed by atoms with van der Waals surface area (Å²) >= 11 is 0. The van der Waals surface area contributed by atoms with Crippen molar-refractivity contribution in [1.29, 1.82) is 0 Å². The molecule has 1 aromatic rings. The van der Waals surface area contributed by atoms with Crippen molar-refractivity contribution in [3.8, 4) is 0 Å². The Morgan fingerprint density at radius 3 is 2.25 bits per heavy atom. The van der Waals surface area contributed by atoms with Crippen molar-refractivity contribution in [3.63, 3.8) is 0 Å². The topological polar surface area (TPSA) is 70.1 Å². The second-order valence-electron chi connectivity index (χ2n) is 3.48. The van der Waals surface area contributed by atoms with Crippen LogP contribution in [0.4, 0.5) is 11.6 Å². The van der Waals surface area contributed by atoms with E-state index < -0.39 is 0 Å². The third kappa shape index (κ3) is 3.34. The molecule has 0 atom stereocenters. The van der Waals surface area contributed by atoms with Crippen molar-refractivity contribution in [2.75, 3.05) is 30.3 Å². The van der Waals surface area contributed by atoms with E-state index in [-0.39, 0.29) is 6.61 Å².